The van der Waals surface area contributed by atoms with E-state index in [4.69, 9.17) is 11.6 Å². The summed E-state index contributed by atoms with van der Waals surface area (Å²) in [4.78, 5) is 2.11. The summed E-state index contributed by atoms with van der Waals surface area (Å²) < 4.78 is 0. The molecule has 2 aromatic carbocycles. The largest absolute Gasteiger partial charge is 0.381 e. The molecule has 20 heavy (non-hydrogen) atoms. The van der Waals surface area contributed by atoms with E-state index >= 15 is 0 Å². The first-order valence-electron chi connectivity index (χ1n) is 6.74. The van der Waals surface area contributed by atoms with Gasteiger partial charge in [-0.3, -0.25) is 0 Å². The average molecular weight is 289 g/mol. The predicted molar refractivity (Wildman–Crippen MR) is 89.0 cm³/mol. The quantitative estimate of drug-likeness (QED) is 0.882. The Morgan fingerprint density at radius 1 is 1.00 bits per heavy atom. The molecule has 2 rings (SSSR count). The van der Waals surface area contributed by atoms with Gasteiger partial charge in [0.15, 0.2) is 0 Å². The van der Waals surface area contributed by atoms with E-state index in [1.54, 1.807) is 0 Å². The van der Waals surface area contributed by atoms with Gasteiger partial charge in [0, 0.05) is 37.0 Å². The van der Waals surface area contributed by atoms with Crippen LogP contribution < -0.4 is 10.2 Å². The monoisotopic (exact) mass is 288 g/mol. The molecular weight excluding hydrogens is 268 g/mol. The number of hydrogen-bond acceptors (Lipinski definition) is 2. The SMILES string of the molecule is Cc1ccc(CNc2ccc(N(C)C)cc2C)cc1Cl. The lowest BCUT2D eigenvalue weighted by molar-refractivity contribution is 1.11. The molecule has 0 saturated carbocycles. The van der Waals surface area contributed by atoms with E-state index in [-0.39, 0.29) is 0 Å². The minimum absolute atomic E-state index is 0.780. The summed E-state index contributed by atoms with van der Waals surface area (Å²) in [7, 11) is 4.10. The summed E-state index contributed by atoms with van der Waals surface area (Å²) in [6.45, 7) is 4.92. The fourth-order valence-corrected chi connectivity index (χ4v) is 2.27. The number of anilines is 2. The van der Waals surface area contributed by atoms with Crippen LogP contribution in [0, 0.1) is 13.8 Å². The Bertz CT molecular complexity index is 606. The number of benzene rings is 2. The van der Waals surface area contributed by atoms with Crippen LogP contribution in [0.2, 0.25) is 5.02 Å². The van der Waals surface area contributed by atoms with Crippen molar-refractivity contribution >= 4 is 23.0 Å². The van der Waals surface area contributed by atoms with Gasteiger partial charge in [-0.25, -0.2) is 0 Å². The lowest BCUT2D eigenvalue weighted by Gasteiger charge is -2.16. The Hall–Kier alpha value is -1.67. The lowest BCUT2D eigenvalue weighted by atomic mass is 10.1. The Morgan fingerprint density at radius 3 is 2.35 bits per heavy atom. The number of aryl methyl sites for hydroxylation is 2. The van der Waals surface area contributed by atoms with Gasteiger partial charge < -0.3 is 10.2 Å². The van der Waals surface area contributed by atoms with Gasteiger partial charge in [-0.15, -0.1) is 0 Å². The van der Waals surface area contributed by atoms with Crippen molar-refractivity contribution in [3.8, 4) is 0 Å². The molecule has 3 heteroatoms. The third kappa shape index (κ3) is 3.45. The van der Waals surface area contributed by atoms with E-state index in [2.05, 4.69) is 61.6 Å². The van der Waals surface area contributed by atoms with Crippen molar-refractivity contribution in [3.63, 3.8) is 0 Å². The van der Waals surface area contributed by atoms with Crippen molar-refractivity contribution in [1.82, 2.24) is 0 Å². The van der Waals surface area contributed by atoms with Gasteiger partial charge in [0.1, 0.15) is 0 Å². The van der Waals surface area contributed by atoms with E-state index in [1.165, 1.54) is 16.8 Å². The number of halogens is 1. The van der Waals surface area contributed by atoms with Crippen LogP contribution in [0.25, 0.3) is 0 Å². The molecule has 0 fully saturated rings. The van der Waals surface area contributed by atoms with Crippen LogP contribution in [0.4, 0.5) is 11.4 Å². The first-order valence-corrected chi connectivity index (χ1v) is 7.12. The molecule has 0 aliphatic carbocycles. The maximum Gasteiger partial charge on any atom is 0.0438 e. The zero-order chi connectivity index (χ0) is 14.7. The topological polar surface area (TPSA) is 15.3 Å². The summed E-state index contributed by atoms with van der Waals surface area (Å²) >= 11 is 6.15. The highest BCUT2D eigenvalue weighted by atomic mass is 35.5. The molecule has 0 aromatic heterocycles. The minimum Gasteiger partial charge on any atom is -0.381 e. The van der Waals surface area contributed by atoms with Gasteiger partial charge >= 0.3 is 0 Å². The Labute approximate surface area is 126 Å². The average Bonchev–Trinajstić information content (AvgIpc) is 2.41. The van der Waals surface area contributed by atoms with E-state index < -0.39 is 0 Å². The van der Waals surface area contributed by atoms with Crippen molar-refractivity contribution < 1.29 is 0 Å². The molecular formula is C17H21ClN2. The zero-order valence-electron chi connectivity index (χ0n) is 12.5. The van der Waals surface area contributed by atoms with E-state index in [0.29, 0.717) is 0 Å². The summed E-state index contributed by atoms with van der Waals surface area (Å²) in [6, 6.07) is 12.6. The molecule has 0 aliphatic heterocycles. The van der Waals surface area contributed by atoms with Crippen LogP contribution >= 0.6 is 11.6 Å². The lowest BCUT2D eigenvalue weighted by Crippen LogP contribution is -2.09. The molecule has 0 atom stereocenters. The predicted octanol–water partition coefficient (Wildman–Crippen LogP) is 4.63. The second-order valence-electron chi connectivity index (χ2n) is 5.33. The normalized spacial score (nSPS) is 10.4. The number of hydrogen-bond donors (Lipinski definition) is 1. The maximum absolute atomic E-state index is 6.15. The minimum atomic E-state index is 0.780. The van der Waals surface area contributed by atoms with Gasteiger partial charge in [0.05, 0.1) is 0 Å². The third-order valence-corrected chi connectivity index (χ3v) is 3.85. The van der Waals surface area contributed by atoms with Crippen molar-refractivity contribution in [1.29, 1.82) is 0 Å². The van der Waals surface area contributed by atoms with Crippen molar-refractivity contribution in [2.75, 3.05) is 24.3 Å². The smallest absolute Gasteiger partial charge is 0.0438 e. The van der Waals surface area contributed by atoms with Gasteiger partial charge in [0.25, 0.3) is 0 Å². The molecule has 0 bridgehead atoms. The third-order valence-electron chi connectivity index (χ3n) is 3.45. The van der Waals surface area contributed by atoms with Gasteiger partial charge in [0.2, 0.25) is 0 Å². The van der Waals surface area contributed by atoms with Crippen LogP contribution in [0.5, 0.6) is 0 Å². The summed E-state index contributed by atoms with van der Waals surface area (Å²) in [6.07, 6.45) is 0. The number of rotatable bonds is 4. The molecule has 2 aromatic rings. The summed E-state index contributed by atoms with van der Waals surface area (Å²) in [5, 5.41) is 4.29. The van der Waals surface area contributed by atoms with Gasteiger partial charge in [-0.2, -0.15) is 0 Å². The number of nitrogens with one attached hydrogen (secondary N) is 1. The Balaban J connectivity index is 2.09. The summed E-state index contributed by atoms with van der Waals surface area (Å²) in [5.41, 5.74) is 5.92. The van der Waals surface area contributed by atoms with Crippen LogP contribution in [0.1, 0.15) is 16.7 Å². The first kappa shape index (κ1) is 14.7. The second kappa shape index (κ2) is 6.19. The van der Waals surface area contributed by atoms with E-state index in [9.17, 15) is 0 Å². The van der Waals surface area contributed by atoms with Gasteiger partial charge in [-0.1, -0.05) is 23.7 Å². The fourth-order valence-electron chi connectivity index (χ4n) is 2.07. The van der Waals surface area contributed by atoms with E-state index in [1.807, 2.05) is 13.0 Å². The highest BCUT2D eigenvalue weighted by molar-refractivity contribution is 6.31. The molecule has 0 spiro atoms. The van der Waals surface area contributed by atoms with Crippen LogP contribution in [0.3, 0.4) is 0 Å². The molecule has 0 saturated heterocycles. The molecule has 106 valence electrons. The van der Waals surface area contributed by atoms with Crippen molar-refractivity contribution in [3.05, 3.63) is 58.1 Å². The first-order chi connectivity index (χ1) is 9.47. The molecule has 0 radical (unpaired) electrons. The molecule has 0 amide bonds. The van der Waals surface area contributed by atoms with Crippen LogP contribution in [0.15, 0.2) is 36.4 Å². The zero-order valence-corrected chi connectivity index (χ0v) is 13.3. The highest BCUT2D eigenvalue weighted by Gasteiger charge is 2.02. The van der Waals surface area contributed by atoms with Crippen LogP contribution in [-0.4, -0.2) is 14.1 Å². The Morgan fingerprint density at radius 2 is 1.75 bits per heavy atom. The molecule has 0 heterocycles. The molecule has 1 N–H and O–H groups in total. The molecule has 0 aliphatic rings. The number of nitrogens with zero attached hydrogens (tertiary/aromatic N) is 1. The van der Waals surface area contributed by atoms with Crippen molar-refractivity contribution in [2.45, 2.75) is 20.4 Å². The van der Waals surface area contributed by atoms with E-state index in [0.717, 1.165) is 22.8 Å². The standard InChI is InChI=1S/C17H21ClN2/c1-12-5-6-14(10-16(12)18)11-19-17-8-7-15(20(3)4)9-13(17)2/h5-10,19H,11H2,1-4H3. The fraction of sp³-hybridized carbons (Fsp3) is 0.294. The summed E-state index contributed by atoms with van der Waals surface area (Å²) in [5.74, 6) is 0. The Kier molecular flexibility index (Phi) is 4.56. The van der Waals surface area contributed by atoms with Crippen molar-refractivity contribution in [2.24, 2.45) is 0 Å². The van der Waals surface area contributed by atoms with Gasteiger partial charge in [-0.05, 0) is 54.8 Å². The molecule has 2 nitrogen and oxygen atoms in total. The second-order valence-corrected chi connectivity index (χ2v) is 5.74. The van der Waals surface area contributed by atoms with Crippen LogP contribution in [-0.2, 0) is 6.54 Å². The highest BCUT2D eigenvalue weighted by Crippen LogP contribution is 2.23. The maximum atomic E-state index is 6.15. The molecule has 0 unspecified atom stereocenters.